The Morgan fingerprint density at radius 3 is 2.67 bits per heavy atom. The van der Waals surface area contributed by atoms with Gasteiger partial charge in [0.15, 0.2) is 0 Å². The fraction of sp³-hybridized carbons (Fsp3) is 0.0909. The number of aromatic nitrogens is 2. The van der Waals surface area contributed by atoms with Crippen LogP contribution < -0.4 is 16.0 Å². The second kappa shape index (κ2) is 4.66. The Labute approximate surface area is 105 Å². The normalized spacial score (nSPS) is 10.4. The van der Waals surface area contributed by atoms with Crippen LogP contribution in [0, 0.1) is 5.82 Å². The molecule has 94 valence electrons. The van der Waals surface area contributed by atoms with E-state index in [2.05, 4.69) is 4.98 Å². The van der Waals surface area contributed by atoms with Crippen LogP contribution in [0.2, 0.25) is 5.15 Å². The Balaban J connectivity index is 2.77. The largest absolute Gasteiger partial charge is 0.497 e. The minimum Gasteiger partial charge on any atom is -0.497 e. The summed E-state index contributed by atoms with van der Waals surface area (Å²) in [7, 11) is 1.39. The number of nitrogens with one attached hydrogen (secondary N) is 1. The van der Waals surface area contributed by atoms with Crippen molar-refractivity contribution >= 4 is 11.6 Å². The quantitative estimate of drug-likeness (QED) is 0.837. The molecular weight excluding hydrogens is 263 g/mol. The molecule has 5 nitrogen and oxygen atoms in total. The summed E-state index contributed by atoms with van der Waals surface area (Å²) in [6.45, 7) is 0. The molecule has 0 radical (unpaired) electrons. The molecule has 0 bridgehead atoms. The smallest absolute Gasteiger partial charge is 0.334 e. The summed E-state index contributed by atoms with van der Waals surface area (Å²) in [6, 6.07) is 4.73. The van der Waals surface area contributed by atoms with Crippen molar-refractivity contribution in [1.82, 2.24) is 9.55 Å². The summed E-state index contributed by atoms with van der Waals surface area (Å²) in [5.41, 5.74) is -1.74. The standard InChI is InChI=1S/C11H8ClFN2O3/c1-18-6-2-3-7(13)8(4-6)15-10(16)5-9(12)14-11(15)17/h2-5H,1H3,(H,14,17). The third kappa shape index (κ3) is 2.14. The lowest BCUT2D eigenvalue weighted by molar-refractivity contribution is 0.413. The van der Waals surface area contributed by atoms with Crippen LogP contribution in [0.4, 0.5) is 4.39 Å². The Hall–Kier alpha value is -2.08. The lowest BCUT2D eigenvalue weighted by Crippen LogP contribution is -2.33. The third-order valence-electron chi connectivity index (χ3n) is 2.29. The van der Waals surface area contributed by atoms with Crippen molar-refractivity contribution in [3.8, 4) is 11.4 Å². The first-order valence-electron chi connectivity index (χ1n) is 4.88. The Kier molecular flexibility index (Phi) is 3.20. The zero-order valence-corrected chi connectivity index (χ0v) is 9.99. The van der Waals surface area contributed by atoms with Crippen LogP contribution in [0.5, 0.6) is 5.75 Å². The molecule has 0 amide bonds. The van der Waals surface area contributed by atoms with Crippen molar-refractivity contribution in [2.75, 3.05) is 7.11 Å². The van der Waals surface area contributed by atoms with E-state index in [1.165, 1.54) is 19.2 Å². The van der Waals surface area contributed by atoms with Gasteiger partial charge in [-0.3, -0.25) is 9.78 Å². The van der Waals surface area contributed by atoms with E-state index < -0.39 is 17.1 Å². The number of ether oxygens (including phenoxy) is 1. The van der Waals surface area contributed by atoms with Gasteiger partial charge in [-0.25, -0.2) is 13.8 Å². The summed E-state index contributed by atoms with van der Waals surface area (Å²) in [5, 5.41) is -0.107. The Morgan fingerprint density at radius 1 is 1.33 bits per heavy atom. The summed E-state index contributed by atoms with van der Waals surface area (Å²) in [5.74, 6) is -0.390. The van der Waals surface area contributed by atoms with Gasteiger partial charge in [0.05, 0.1) is 12.8 Å². The molecule has 0 unspecified atom stereocenters. The average Bonchev–Trinajstić information content (AvgIpc) is 2.30. The van der Waals surface area contributed by atoms with E-state index >= 15 is 0 Å². The molecule has 2 rings (SSSR count). The molecule has 0 fully saturated rings. The number of hydrogen-bond acceptors (Lipinski definition) is 3. The first-order chi connectivity index (χ1) is 8.52. The fourth-order valence-corrected chi connectivity index (χ4v) is 1.66. The van der Waals surface area contributed by atoms with E-state index in [0.717, 1.165) is 12.1 Å². The lowest BCUT2D eigenvalue weighted by Gasteiger charge is -2.07. The van der Waals surface area contributed by atoms with Crippen molar-refractivity contribution in [3.63, 3.8) is 0 Å². The molecule has 0 saturated heterocycles. The molecule has 1 aromatic heterocycles. The molecule has 0 aliphatic heterocycles. The molecule has 18 heavy (non-hydrogen) atoms. The fourth-order valence-electron chi connectivity index (χ4n) is 1.49. The number of halogens is 2. The highest BCUT2D eigenvalue weighted by molar-refractivity contribution is 6.29. The first kappa shape index (κ1) is 12.4. The maximum absolute atomic E-state index is 13.7. The summed E-state index contributed by atoms with van der Waals surface area (Å²) >= 11 is 5.52. The second-order valence-electron chi connectivity index (χ2n) is 3.41. The first-order valence-corrected chi connectivity index (χ1v) is 5.26. The van der Waals surface area contributed by atoms with E-state index in [1.54, 1.807) is 0 Å². The van der Waals surface area contributed by atoms with Crippen LogP contribution in [0.1, 0.15) is 0 Å². The minimum absolute atomic E-state index is 0.107. The predicted molar refractivity (Wildman–Crippen MR) is 64.2 cm³/mol. The van der Waals surface area contributed by atoms with Gasteiger partial charge >= 0.3 is 5.69 Å². The van der Waals surface area contributed by atoms with Gasteiger partial charge in [0.1, 0.15) is 16.7 Å². The second-order valence-corrected chi connectivity index (χ2v) is 3.82. The number of aromatic amines is 1. The van der Waals surface area contributed by atoms with Gasteiger partial charge in [-0.05, 0) is 12.1 Å². The molecule has 1 heterocycles. The molecule has 0 atom stereocenters. The van der Waals surface area contributed by atoms with E-state index in [0.29, 0.717) is 10.3 Å². The van der Waals surface area contributed by atoms with Crippen molar-refractivity contribution in [3.05, 3.63) is 56.1 Å². The minimum atomic E-state index is -0.820. The van der Waals surface area contributed by atoms with Gasteiger partial charge in [-0.2, -0.15) is 0 Å². The SMILES string of the molecule is COc1ccc(F)c(-n2c(=O)cc(Cl)[nH]c2=O)c1. The highest BCUT2D eigenvalue weighted by Crippen LogP contribution is 2.18. The van der Waals surface area contributed by atoms with E-state index in [4.69, 9.17) is 16.3 Å². The molecule has 0 aliphatic rings. The van der Waals surface area contributed by atoms with Crippen LogP contribution in [0.25, 0.3) is 5.69 Å². The van der Waals surface area contributed by atoms with Gasteiger partial charge in [0.2, 0.25) is 0 Å². The van der Waals surface area contributed by atoms with Crippen LogP contribution in [-0.2, 0) is 0 Å². The Bertz CT molecular complexity index is 677. The predicted octanol–water partition coefficient (Wildman–Crippen LogP) is 1.33. The number of methoxy groups -OCH3 is 1. The van der Waals surface area contributed by atoms with Crippen molar-refractivity contribution in [2.45, 2.75) is 0 Å². The number of hydrogen-bond donors (Lipinski definition) is 1. The van der Waals surface area contributed by atoms with E-state index in [1.807, 2.05) is 0 Å². The maximum atomic E-state index is 13.7. The van der Waals surface area contributed by atoms with Gasteiger partial charge in [0.25, 0.3) is 5.56 Å². The van der Waals surface area contributed by atoms with Gasteiger partial charge in [0, 0.05) is 12.1 Å². The number of nitrogens with zero attached hydrogens (tertiary/aromatic N) is 1. The summed E-state index contributed by atoms with van der Waals surface area (Å²) < 4.78 is 19.2. The molecule has 0 aliphatic carbocycles. The highest BCUT2D eigenvalue weighted by Gasteiger charge is 2.11. The summed E-state index contributed by atoms with van der Waals surface area (Å²) in [6.07, 6.45) is 0. The molecule has 1 N–H and O–H groups in total. The molecule has 2 aromatic rings. The van der Waals surface area contributed by atoms with Crippen LogP contribution in [0.3, 0.4) is 0 Å². The number of benzene rings is 1. The highest BCUT2D eigenvalue weighted by atomic mass is 35.5. The molecular formula is C11H8ClFN2O3. The van der Waals surface area contributed by atoms with Gasteiger partial charge in [-0.1, -0.05) is 11.6 Å². The maximum Gasteiger partial charge on any atom is 0.334 e. The summed E-state index contributed by atoms with van der Waals surface area (Å²) in [4.78, 5) is 25.5. The average molecular weight is 271 g/mol. The molecule has 0 saturated carbocycles. The van der Waals surface area contributed by atoms with Crippen molar-refractivity contribution < 1.29 is 9.13 Å². The Morgan fingerprint density at radius 2 is 2.06 bits per heavy atom. The van der Waals surface area contributed by atoms with Gasteiger partial charge < -0.3 is 4.74 Å². The van der Waals surface area contributed by atoms with E-state index in [9.17, 15) is 14.0 Å². The topological polar surface area (TPSA) is 64.1 Å². The van der Waals surface area contributed by atoms with Crippen LogP contribution >= 0.6 is 11.6 Å². The third-order valence-corrected chi connectivity index (χ3v) is 2.50. The number of H-pyrrole nitrogens is 1. The van der Waals surface area contributed by atoms with Gasteiger partial charge in [-0.15, -0.1) is 0 Å². The zero-order chi connectivity index (χ0) is 13.3. The van der Waals surface area contributed by atoms with Crippen molar-refractivity contribution in [2.24, 2.45) is 0 Å². The monoisotopic (exact) mass is 270 g/mol. The van der Waals surface area contributed by atoms with E-state index in [-0.39, 0.29) is 10.8 Å². The molecule has 1 aromatic carbocycles. The molecule has 7 heteroatoms. The van der Waals surface area contributed by atoms with Crippen LogP contribution in [0.15, 0.2) is 33.9 Å². The molecule has 0 spiro atoms. The lowest BCUT2D eigenvalue weighted by atomic mass is 10.3. The van der Waals surface area contributed by atoms with Crippen molar-refractivity contribution in [1.29, 1.82) is 0 Å². The zero-order valence-electron chi connectivity index (χ0n) is 9.24. The van der Waals surface area contributed by atoms with Crippen LogP contribution in [-0.4, -0.2) is 16.7 Å². The number of rotatable bonds is 2.